The lowest BCUT2D eigenvalue weighted by Gasteiger charge is -2.42. The number of nitrogens with one attached hydrogen (secondary N) is 1. The third-order valence-corrected chi connectivity index (χ3v) is 16.0. The maximum absolute atomic E-state index is 14.6. The van der Waals surface area contributed by atoms with Crippen LogP contribution < -0.4 is 5.32 Å². The molecule has 1 saturated carbocycles. The monoisotopic (exact) mass is 1040 g/mol. The molecular formula is C56H87N5O13. The number of aromatic nitrogens is 3. The number of carbonyl (C=O) groups excluding carboxylic acids is 5. The number of aliphatic hydroxyl groups is 3. The number of rotatable bonds is 11. The summed E-state index contributed by atoms with van der Waals surface area (Å²) in [6, 6.07) is -1.23. The number of amides is 1. The molecule has 1 aromatic heterocycles. The summed E-state index contributed by atoms with van der Waals surface area (Å²) in [5.41, 5.74) is 1.93. The predicted molar refractivity (Wildman–Crippen MR) is 277 cm³/mol. The molecule has 0 aromatic carbocycles. The minimum absolute atomic E-state index is 0.0127. The summed E-state index contributed by atoms with van der Waals surface area (Å²) in [6.07, 6.45) is 14.1. The summed E-state index contributed by atoms with van der Waals surface area (Å²) < 4.78 is 31.9. The standard InChI is InChI=1S/C56H87N5O13/c1-34-16-12-11-13-17-35(2)47(70-8)30-43-21-19-40(7)56(69,74-43)53(66)54(67)60-24-15-14-18-45(60)55(68)73-48(31-46(63)36(3)27-39(6)51(65)52(72-10)50(64)38(5)26-34)37(4)28-41-20-22-44(49(29-41)71-9)61-33-42(58-59-61)32-57-23-25-62/h11-13,16-17,27,33-34,37-41,43-45,47-49,51-52,57,62,65,69H,14-15,18-26,28-32H2,1-10H3/b13-11?,16-12?,35-17?,36-27+/t34-,37-,38-,39?,40-,41+,43+,44+,45+,47+,48+,49-,51-,52+,56-/m1/s1. The van der Waals surface area contributed by atoms with Gasteiger partial charge in [0, 0.05) is 71.6 Å². The van der Waals surface area contributed by atoms with E-state index in [1.807, 2.05) is 69.0 Å². The maximum atomic E-state index is 14.6. The van der Waals surface area contributed by atoms with Crippen molar-refractivity contribution in [1.82, 2.24) is 25.2 Å². The third-order valence-electron chi connectivity index (χ3n) is 16.0. The molecule has 3 fully saturated rings. The van der Waals surface area contributed by atoms with Crippen LogP contribution in [-0.2, 0) is 54.2 Å². The Balaban J connectivity index is 1.45. The van der Waals surface area contributed by atoms with Crippen molar-refractivity contribution < 1.29 is 63.0 Å². The Kier molecular flexibility index (Phi) is 23.5. The fourth-order valence-corrected chi connectivity index (χ4v) is 11.3. The minimum Gasteiger partial charge on any atom is -0.460 e. The van der Waals surface area contributed by atoms with Gasteiger partial charge in [0.2, 0.25) is 5.79 Å². The summed E-state index contributed by atoms with van der Waals surface area (Å²) in [5.74, 6) is -8.02. The van der Waals surface area contributed by atoms with E-state index in [2.05, 4.69) is 15.6 Å². The zero-order valence-corrected chi connectivity index (χ0v) is 45.7. The number of hydrogen-bond acceptors (Lipinski definition) is 16. The van der Waals surface area contributed by atoms with Crippen molar-refractivity contribution in [3.8, 4) is 0 Å². The van der Waals surface area contributed by atoms with E-state index in [-0.39, 0.29) is 67.5 Å². The van der Waals surface area contributed by atoms with Crippen molar-refractivity contribution in [1.29, 1.82) is 0 Å². The number of methoxy groups -OCH3 is 3. The first kappa shape index (κ1) is 60.6. The number of ketones is 3. The molecule has 74 heavy (non-hydrogen) atoms. The molecule has 4 aliphatic rings. The van der Waals surface area contributed by atoms with Gasteiger partial charge in [0.25, 0.3) is 11.7 Å². The Labute approximate surface area is 438 Å². The van der Waals surface area contributed by atoms with Gasteiger partial charge in [-0.3, -0.25) is 19.2 Å². The lowest BCUT2D eigenvalue weighted by Crippen LogP contribution is -2.61. The normalized spacial score (nSPS) is 35.4. The molecule has 2 saturated heterocycles. The molecule has 1 aromatic rings. The number of nitrogens with zero attached hydrogens (tertiary/aromatic N) is 4. The van der Waals surface area contributed by atoms with E-state index < -0.39 is 77.8 Å². The first-order valence-corrected chi connectivity index (χ1v) is 27.0. The molecule has 5 rings (SSSR count). The fourth-order valence-electron chi connectivity index (χ4n) is 11.3. The van der Waals surface area contributed by atoms with Crippen molar-refractivity contribution in [2.24, 2.45) is 35.5 Å². The quantitative estimate of drug-likeness (QED) is 0.118. The van der Waals surface area contributed by atoms with Gasteiger partial charge >= 0.3 is 5.97 Å². The van der Waals surface area contributed by atoms with Gasteiger partial charge in [-0.1, -0.05) is 76.3 Å². The van der Waals surface area contributed by atoms with E-state index in [0.717, 1.165) is 24.1 Å². The first-order valence-electron chi connectivity index (χ1n) is 27.0. The lowest BCUT2D eigenvalue weighted by atomic mass is 9.77. The Bertz CT molecular complexity index is 2160. The molecule has 414 valence electrons. The van der Waals surface area contributed by atoms with Crippen LogP contribution in [0.1, 0.15) is 137 Å². The van der Waals surface area contributed by atoms with E-state index in [4.69, 9.17) is 28.8 Å². The average molecular weight is 1040 g/mol. The van der Waals surface area contributed by atoms with Crippen LogP contribution in [0.5, 0.6) is 0 Å². The van der Waals surface area contributed by atoms with Gasteiger partial charge in [0.15, 0.2) is 11.6 Å². The highest BCUT2D eigenvalue weighted by Crippen LogP contribution is 2.40. The van der Waals surface area contributed by atoms with Gasteiger partial charge in [0.1, 0.15) is 18.2 Å². The summed E-state index contributed by atoms with van der Waals surface area (Å²) in [4.78, 5) is 72.7. The van der Waals surface area contributed by atoms with Gasteiger partial charge in [-0.2, -0.15) is 0 Å². The molecule has 2 bridgehead atoms. The van der Waals surface area contributed by atoms with Crippen molar-refractivity contribution >= 4 is 29.2 Å². The van der Waals surface area contributed by atoms with Crippen molar-refractivity contribution in [3.63, 3.8) is 0 Å². The lowest BCUT2D eigenvalue weighted by molar-refractivity contribution is -0.265. The number of cyclic esters (lactones) is 1. The van der Waals surface area contributed by atoms with E-state index in [1.165, 1.54) is 12.0 Å². The minimum atomic E-state index is -2.44. The summed E-state index contributed by atoms with van der Waals surface area (Å²) >= 11 is 0. The van der Waals surface area contributed by atoms with Crippen LogP contribution >= 0.6 is 0 Å². The number of aliphatic hydroxyl groups excluding tert-OH is 2. The molecule has 18 heteroatoms. The zero-order valence-electron chi connectivity index (χ0n) is 45.7. The highest BCUT2D eigenvalue weighted by molar-refractivity contribution is 6.39. The van der Waals surface area contributed by atoms with E-state index in [1.54, 1.807) is 41.1 Å². The second kappa shape index (κ2) is 28.7. The van der Waals surface area contributed by atoms with Crippen LogP contribution in [-0.4, -0.2) is 154 Å². The molecular weight excluding hydrogens is 951 g/mol. The van der Waals surface area contributed by atoms with E-state index >= 15 is 0 Å². The number of allylic oxidation sites excluding steroid dienone is 6. The average Bonchev–Trinajstić information content (AvgIpc) is 3.86. The van der Waals surface area contributed by atoms with E-state index in [0.29, 0.717) is 70.0 Å². The smallest absolute Gasteiger partial charge is 0.329 e. The number of hydrogen-bond donors (Lipinski definition) is 4. The molecule has 4 heterocycles. The largest absolute Gasteiger partial charge is 0.460 e. The molecule has 18 nitrogen and oxygen atoms in total. The number of esters is 1. The van der Waals surface area contributed by atoms with Crippen LogP contribution in [0.25, 0.3) is 0 Å². The first-order chi connectivity index (χ1) is 35.3. The number of piperidine rings is 1. The second-order valence-corrected chi connectivity index (χ2v) is 21.7. The number of carbonyl (C=O) groups is 5. The predicted octanol–water partition coefficient (Wildman–Crippen LogP) is 5.73. The molecule has 1 unspecified atom stereocenters. The van der Waals surface area contributed by atoms with Crippen molar-refractivity contribution in [2.45, 2.75) is 187 Å². The van der Waals surface area contributed by atoms with Crippen LogP contribution in [0.15, 0.2) is 53.8 Å². The molecule has 0 spiro atoms. The molecule has 0 radical (unpaired) electrons. The Morgan fingerprint density at radius 1 is 0.919 bits per heavy atom. The second-order valence-electron chi connectivity index (χ2n) is 21.7. The van der Waals surface area contributed by atoms with Gasteiger partial charge in [0.05, 0.1) is 49.0 Å². The van der Waals surface area contributed by atoms with Gasteiger partial charge in [-0.05, 0) is 107 Å². The molecule has 15 atom stereocenters. The van der Waals surface area contributed by atoms with Crippen molar-refractivity contribution in [3.05, 3.63) is 59.5 Å². The van der Waals surface area contributed by atoms with Crippen LogP contribution in [0.2, 0.25) is 0 Å². The Morgan fingerprint density at radius 2 is 1.68 bits per heavy atom. The zero-order chi connectivity index (χ0) is 54.3. The summed E-state index contributed by atoms with van der Waals surface area (Å²) in [6.45, 7) is 13.7. The third kappa shape index (κ3) is 15.9. The topological polar surface area (TPSA) is 238 Å². The number of fused-ring (bicyclic) bond motifs is 3. The Hall–Kier alpha value is -4.27. The summed E-state index contributed by atoms with van der Waals surface area (Å²) in [5, 5.41) is 44.6. The van der Waals surface area contributed by atoms with Crippen LogP contribution in [0, 0.1) is 35.5 Å². The van der Waals surface area contributed by atoms with Crippen LogP contribution in [0.3, 0.4) is 0 Å². The highest BCUT2D eigenvalue weighted by atomic mass is 16.6. The SMILES string of the molecule is CO[C@H]1C[C@@H]2CC[C@@H](C)[C@@](O)(O2)C(=O)C(=O)N2CCCC[C@H]2C(=O)O[C@H]([C@H](C)C[C@@H]2CC[C@H](n3cc(CNCCO)nn3)[C@H](OC)C2)CC(=O)/C(C)=C/C(C)[C@@H](O)[C@@H](OC)C(=O)[C@H](C)C[C@H](C)C=CC=CC=C1C. The van der Waals surface area contributed by atoms with Gasteiger partial charge in [-0.15, -0.1) is 5.10 Å². The molecule has 1 aliphatic carbocycles. The van der Waals surface area contributed by atoms with Gasteiger partial charge < -0.3 is 49.2 Å². The maximum Gasteiger partial charge on any atom is 0.329 e. The molecule has 3 aliphatic heterocycles. The molecule has 1 amide bonds. The number of Topliss-reactive ketones (excluding diaryl/α,β-unsaturated/α-hetero) is 3. The fraction of sp³-hybridized carbons (Fsp3) is 0.732. The molecule has 4 N–H and O–H groups in total. The van der Waals surface area contributed by atoms with E-state index in [9.17, 15) is 34.2 Å². The van der Waals surface area contributed by atoms with Crippen molar-refractivity contribution in [2.75, 3.05) is 41.0 Å². The van der Waals surface area contributed by atoms with Gasteiger partial charge in [-0.25, -0.2) is 9.48 Å². The Morgan fingerprint density at radius 3 is 2.38 bits per heavy atom. The summed E-state index contributed by atoms with van der Waals surface area (Å²) in [7, 11) is 4.63. The highest BCUT2D eigenvalue weighted by Gasteiger charge is 2.53. The van der Waals surface area contributed by atoms with Crippen LogP contribution in [0.4, 0.5) is 0 Å². The number of ether oxygens (including phenoxy) is 5.